The van der Waals surface area contributed by atoms with Crippen LogP contribution in [0.3, 0.4) is 0 Å². The SMILES string of the molecule is CCCCCCCCCCCCCC(C)OC(=O)C1CCC1. The highest BCUT2D eigenvalue weighted by molar-refractivity contribution is 5.73. The van der Waals surface area contributed by atoms with Crippen LogP contribution in [-0.4, -0.2) is 12.1 Å². The molecule has 0 radical (unpaired) electrons. The summed E-state index contributed by atoms with van der Waals surface area (Å²) in [7, 11) is 0. The topological polar surface area (TPSA) is 26.3 Å². The number of rotatable bonds is 14. The maximum absolute atomic E-state index is 11.7. The molecule has 22 heavy (non-hydrogen) atoms. The average molecular weight is 311 g/mol. The van der Waals surface area contributed by atoms with E-state index in [1.54, 1.807) is 0 Å². The van der Waals surface area contributed by atoms with E-state index in [1.807, 2.05) is 6.92 Å². The van der Waals surface area contributed by atoms with Crippen LogP contribution < -0.4 is 0 Å². The van der Waals surface area contributed by atoms with Gasteiger partial charge in [-0.15, -0.1) is 0 Å². The molecule has 0 aliphatic heterocycles. The smallest absolute Gasteiger partial charge is 0.309 e. The standard InChI is InChI=1S/C20H38O2/c1-3-4-5-6-7-8-9-10-11-12-13-15-18(2)22-20(21)19-16-14-17-19/h18-19H,3-17H2,1-2H3. The van der Waals surface area contributed by atoms with Crippen molar-refractivity contribution in [1.82, 2.24) is 0 Å². The first-order valence-corrected chi connectivity index (χ1v) is 9.94. The molecule has 1 saturated carbocycles. The molecule has 1 aliphatic rings. The van der Waals surface area contributed by atoms with E-state index < -0.39 is 0 Å². The van der Waals surface area contributed by atoms with Gasteiger partial charge in [-0.05, 0) is 32.6 Å². The van der Waals surface area contributed by atoms with Crippen LogP contribution in [0.1, 0.15) is 110 Å². The molecule has 0 saturated heterocycles. The van der Waals surface area contributed by atoms with E-state index in [0.717, 1.165) is 19.3 Å². The van der Waals surface area contributed by atoms with Gasteiger partial charge < -0.3 is 4.74 Å². The number of hydrogen-bond donors (Lipinski definition) is 0. The molecular formula is C20H38O2. The van der Waals surface area contributed by atoms with Crippen LogP contribution >= 0.6 is 0 Å². The van der Waals surface area contributed by atoms with E-state index in [4.69, 9.17) is 4.74 Å². The van der Waals surface area contributed by atoms with Crippen LogP contribution in [0.15, 0.2) is 0 Å². The number of carbonyl (C=O) groups is 1. The van der Waals surface area contributed by atoms with Crippen LogP contribution in [0, 0.1) is 5.92 Å². The molecule has 0 aromatic rings. The highest BCUT2D eigenvalue weighted by Crippen LogP contribution is 2.28. The summed E-state index contributed by atoms with van der Waals surface area (Å²) in [6.45, 7) is 4.32. The van der Waals surface area contributed by atoms with Crippen molar-refractivity contribution in [2.75, 3.05) is 0 Å². The molecule has 0 spiro atoms. The first kappa shape index (κ1) is 19.5. The van der Waals surface area contributed by atoms with E-state index in [-0.39, 0.29) is 18.0 Å². The Balaban J connectivity index is 1.79. The third kappa shape index (κ3) is 9.48. The zero-order valence-corrected chi connectivity index (χ0v) is 15.1. The minimum Gasteiger partial charge on any atom is -0.462 e. The molecule has 1 atom stereocenters. The molecule has 2 heteroatoms. The van der Waals surface area contributed by atoms with Crippen LogP contribution in [0.4, 0.5) is 0 Å². The number of ether oxygens (including phenoxy) is 1. The summed E-state index contributed by atoms with van der Waals surface area (Å²) >= 11 is 0. The van der Waals surface area contributed by atoms with Gasteiger partial charge >= 0.3 is 5.97 Å². The molecule has 0 N–H and O–H groups in total. The Morgan fingerprint density at radius 3 is 1.86 bits per heavy atom. The van der Waals surface area contributed by atoms with Crippen molar-refractivity contribution in [2.45, 2.75) is 116 Å². The monoisotopic (exact) mass is 310 g/mol. The fraction of sp³-hybridized carbons (Fsp3) is 0.950. The van der Waals surface area contributed by atoms with Crippen molar-refractivity contribution in [3.05, 3.63) is 0 Å². The molecule has 0 amide bonds. The zero-order valence-electron chi connectivity index (χ0n) is 15.1. The summed E-state index contributed by atoms with van der Waals surface area (Å²) in [5.41, 5.74) is 0. The molecule has 1 unspecified atom stereocenters. The van der Waals surface area contributed by atoms with Crippen molar-refractivity contribution < 1.29 is 9.53 Å². The highest BCUT2D eigenvalue weighted by Gasteiger charge is 2.27. The second-order valence-corrected chi connectivity index (χ2v) is 7.20. The molecule has 2 nitrogen and oxygen atoms in total. The second kappa shape index (κ2) is 13.0. The molecule has 1 fully saturated rings. The van der Waals surface area contributed by atoms with Gasteiger partial charge in [0.2, 0.25) is 0 Å². The Bertz CT molecular complexity index is 271. The van der Waals surface area contributed by atoms with Crippen LogP contribution in [0.5, 0.6) is 0 Å². The lowest BCUT2D eigenvalue weighted by molar-refractivity contribution is -0.156. The number of esters is 1. The number of carbonyl (C=O) groups excluding carboxylic acids is 1. The number of hydrogen-bond acceptors (Lipinski definition) is 2. The normalized spacial score (nSPS) is 16.3. The summed E-state index contributed by atoms with van der Waals surface area (Å²) in [6, 6.07) is 0. The fourth-order valence-electron chi connectivity index (χ4n) is 3.09. The van der Waals surface area contributed by atoms with Gasteiger partial charge in [-0.25, -0.2) is 0 Å². The van der Waals surface area contributed by atoms with Crippen molar-refractivity contribution in [3.8, 4) is 0 Å². The van der Waals surface area contributed by atoms with E-state index in [2.05, 4.69) is 6.92 Å². The van der Waals surface area contributed by atoms with Crippen molar-refractivity contribution in [2.24, 2.45) is 5.92 Å². The molecule has 0 aromatic heterocycles. The van der Waals surface area contributed by atoms with Crippen LogP contribution in [0.2, 0.25) is 0 Å². The Morgan fingerprint density at radius 2 is 1.41 bits per heavy atom. The molecule has 130 valence electrons. The largest absolute Gasteiger partial charge is 0.462 e. The van der Waals surface area contributed by atoms with Crippen LogP contribution in [-0.2, 0) is 9.53 Å². The van der Waals surface area contributed by atoms with Gasteiger partial charge in [0.25, 0.3) is 0 Å². The molecule has 1 aliphatic carbocycles. The van der Waals surface area contributed by atoms with Crippen LogP contribution in [0.25, 0.3) is 0 Å². The highest BCUT2D eigenvalue weighted by atomic mass is 16.5. The van der Waals surface area contributed by atoms with E-state index in [1.165, 1.54) is 77.0 Å². The summed E-state index contributed by atoms with van der Waals surface area (Å²) in [5, 5.41) is 0. The Kier molecular flexibility index (Phi) is 11.5. The Hall–Kier alpha value is -0.530. The maximum atomic E-state index is 11.7. The van der Waals surface area contributed by atoms with E-state index in [0.29, 0.717) is 0 Å². The van der Waals surface area contributed by atoms with Gasteiger partial charge in [-0.1, -0.05) is 77.6 Å². The molecule has 0 bridgehead atoms. The molecular weight excluding hydrogens is 272 g/mol. The first-order chi connectivity index (χ1) is 10.7. The van der Waals surface area contributed by atoms with Gasteiger partial charge in [0.15, 0.2) is 0 Å². The minimum absolute atomic E-state index is 0.0572. The Morgan fingerprint density at radius 1 is 0.909 bits per heavy atom. The van der Waals surface area contributed by atoms with Crippen molar-refractivity contribution in [1.29, 1.82) is 0 Å². The third-order valence-corrected chi connectivity index (χ3v) is 4.97. The number of unbranched alkanes of at least 4 members (excludes halogenated alkanes) is 10. The third-order valence-electron chi connectivity index (χ3n) is 4.97. The Labute approximate surface area is 138 Å². The fourth-order valence-corrected chi connectivity index (χ4v) is 3.09. The quantitative estimate of drug-likeness (QED) is 0.273. The van der Waals surface area contributed by atoms with Crippen molar-refractivity contribution in [3.63, 3.8) is 0 Å². The second-order valence-electron chi connectivity index (χ2n) is 7.20. The predicted molar refractivity (Wildman–Crippen MR) is 94.0 cm³/mol. The van der Waals surface area contributed by atoms with Gasteiger partial charge in [0.05, 0.1) is 12.0 Å². The lowest BCUT2D eigenvalue weighted by atomic mass is 9.85. The first-order valence-electron chi connectivity index (χ1n) is 9.94. The minimum atomic E-state index is 0.0572. The maximum Gasteiger partial charge on any atom is 0.309 e. The van der Waals surface area contributed by atoms with Gasteiger partial charge in [0.1, 0.15) is 0 Å². The summed E-state index contributed by atoms with van der Waals surface area (Å²) in [4.78, 5) is 11.7. The molecule has 1 rings (SSSR count). The zero-order chi connectivity index (χ0) is 16.0. The lowest BCUT2D eigenvalue weighted by Gasteiger charge is -2.25. The van der Waals surface area contributed by atoms with Gasteiger partial charge in [-0.3, -0.25) is 4.79 Å². The summed E-state index contributed by atoms with van der Waals surface area (Å²) < 4.78 is 5.51. The predicted octanol–water partition coefficient (Wildman–Crippen LogP) is 6.42. The average Bonchev–Trinajstić information content (AvgIpc) is 2.42. The summed E-state index contributed by atoms with van der Waals surface area (Å²) in [5.74, 6) is 0.279. The summed E-state index contributed by atoms with van der Waals surface area (Å²) in [6.07, 6.45) is 19.5. The van der Waals surface area contributed by atoms with E-state index >= 15 is 0 Å². The molecule has 0 heterocycles. The van der Waals surface area contributed by atoms with Gasteiger partial charge in [-0.2, -0.15) is 0 Å². The molecule has 0 aromatic carbocycles. The van der Waals surface area contributed by atoms with Crippen molar-refractivity contribution >= 4 is 5.97 Å². The van der Waals surface area contributed by atoms with Gasteiger partial charge in [0, 0.05) is 0 Å². The van der Waals surface area contributed by atoms with E-state index in [9.17, 15) is 4.79 Å². The lowest BCUT2D eigenvalue weighted by Crippen LogP contribution is -2.27.